The maximum atomic E-state index is 12.6. The topological polar surface area (TPSA) is 97.8 Å². The Morgan fingerprint density at radius 3 is 1.85 bits per heavy atom. The third-order valence-electron chi connectivity index (χ3n) is 2.65. The van der Waals surface area contributed by atoms with Gasteiger partial charge in [0.15, 0.2) is 0 Å². The molecular formula is C17H24ClN3O5. The molecule has 0 aliphatic rings. The Morgan fingerprint density at radius 2 is 1.46 bits per heavy atom. The first kappa shape index (κ1) is 21.7. The molecule has 9 heteroatoms. The van der Waals surface area contributed by atoms with Gasteiger partial charge in [-0.25, -0.2) is 14.6 Å². The van der Waals surface area contributed by atoms with Crippen molar-refractivity contribution in [1.29, 1.82) is 0 Å². The summed E-state index contributed by atoms with van der Waals surface area (Å²) < 4.78 is 10.6. The average molecular weight is 386 g/mol. The molecule has 0 unspecified atom stereocenters. The second-order valence-corrected chi connectivity index (χ2v) is 7.80. The van der Waals surface area contributed by atoms with Crippen molar-refractivity contribution in [3.05, 3.63) is 23.0 Å². The number of nitrogens with zero attached hydrogens (tertiary/aromatic N) is 2. The molecule has 0 aliphatic heterocycles. The van der Waals surface area contributed by atoms with Gasteiger partial charge in [-0.15, -0.1) is 0 Å². The van der Waals surface area contributed by atoms with Crippen molar-refractivity contribution >= 4 is 35.4 Å². The van der Waals surface area contributed by atoms with Crippen LogP contribution in [0.1, 0.15) is 52.0 Å². The quantitative estimate of drug-likeness (QED) is 0.778. The molecule has 26 heavy (non-hydrogen) atoms. The highest BCUT2D eigenvalue weighted by molar-refractivity contribution is 6.30. The standard InChI is InChI=1S/C17H24ClN3O5/c1-16(2,3)25-14(23)21(15(24)26-17(4,5)6)10-8-11(13(22)19-7)20-12(18)9-10/h8-9H,1-7H3,(H,19,22). The van der Waals surface area contributed by atoms with E-state index >= 15 is 0 Å². The highest BCUT2D eigenvalue weighted by atomic mass is 35.5. The number of amides is 3. The summed E-state index contributed by atoms with van der Waals surface area (Å²) in [7, 11) is 1.42. The molecule has 0 spiro atoms. The van der Waals surface area contributed by atoms with E-state index < -0.39 is 29.3 Å². The summed E-state index contributed by atoms with van der Waals surface area (Å²) in [6, 6.07) is 2.51. The summed E-state index contributed by atoms with van der Waals surface area (Å²) in [6.07, 6.45) is -1.92. The zero-order valence-corrected chi connectivity index (χ0v) is 16.7. The molecule has 0 aliphatic carbocycles. The van der Waals surface area contributed by atoms with Crippen molar-refractivity contribution < 1.29 is 23.9 Å². The lowest BCUT2D eigenvalue weighted by Gasteiger charge is -2.28. The van der Waals surface area contributed by atoms with E-state index in [1.54, 1.807) is 41.5 Å². The Morgan fingerprint density at radius 1 is 1.00 bits per heavy atom. The van der Waals surface area contributed by atoms with Crippen molar-refractivity contribution in [3.63, 3.8) is 0 Å². The summed E-state index contributed by atoms with van der Waals surface area (Å²) in [5.74, 6) is -0.526. The van der Waals surface area contributed by atoms with Gasteiger partial charge in [-0.2, -0.15) is 4.90 Å². The number of carbonyl (C=O) groups excluding carboxylic acids is 3. The van der Waals surface area contributed by atoms with Crippen molar-refractivity contribution in [3.8, 4) is 0 Å². The number of rotatable bonds is 2. The van der Waals surface area contributed by atoms with Gasteiger partial charge in [-0.05, 0) is 47.6 Å². The maximum Gasteiger partial charge on any atom is 0.424 e. The fraction of sp³-hybridized carbons (Fsp3) is 0.529. The molecule has 0 saturated heterocycles. The lowest BCUT2D eigenvalue weighted by molar-refractivity contribution is 0.0430. The zero-order chi connectivity index (χ0) is 20.3. The SMILES string of the molecule is CNC(=O)c1cc(N(C(=O)OC(C)(C)C)C(=O)OC(C)(C)C)cc(Cl)n1. The molecule has 1 aromatic rings. The van der Waals surface area contributed by atoms with E-state index in [4.69, 9.17) is 21.1 Å². The van der Waals surface area contributed by atoms with Crippen molar-refractivity contribution in [2.75, 3.05) is 11.9 Å². The van der Waals surface area contributed by atoms with Gasteiger partial charge in [0.25, 0.3) is 5.91 Å². The molecule has 8 nitrogen and oxygen atoms in total. The number of anilines is 1. The van der Waals surface area contributed by atoms with E-state index in [-0.39, 0.29) is 16.5 Å². The Balaban J connectivity index is 3.40. The highest BCUT2D eigenvalue weighted by Gasteiger charge is 2.33. The predicted molar refractivity (Wildman–Crippen MR) is 97.6 cm³/mol. The van der Waals surface area contributed by atoms with Crippen LogP contribution in [0.15, 0.2) is 12.1 Å². The van der Waals surface area contributed by atoms with E-state index in [1.165, 1.54) is 19.2 Å². The number of imide groups is 1. The molecule has 1 N–H and O–H groups in total. The van der Waals surface area contributed by atoms with Crippen LogP contribution in [-0.4, -0.2) is 41.3 Å². The lowest BCUT2D eigenvalue weighted by Crippen LogP contribution is -2.44. The number of halogens is 1. The van der Waals surface area contributed by atoms with Gasteiger partial charge in [0.1, 0.15) is 22.0 Å². The molecule has 1 heterocycles. The third kappa shape index (κ3) is 6.51. The molecule has 0 aromatic carbocycles. The lowest BCUT2D eigenvalue weighted by atomic mass is 10.2. The van der Waals surface area contributed by atoms with Gasteiger partial charge in [0.05, 0.1) is 5.69 Å². The van der Waals surface area contributed by atoms with Crippen LogP contribution < -0.4 is 10.2 Å². The molecule has 144 valence electrons. The minimum Gasteiger partial charge on any atom is -0.443 e. The van der Waals surface area contributed by atoms with Gasteiger partial charge >= 0.3 is 12.2 Å². The first-order chi connectivity index (χ1) is 11.7. The Bertz CT molecular complexity index is 679. The van der Waals surface area contributed by atoms with Gasteiger partial charge in [-0.1, -0.05) is 11.6 Å². The van der Waals surface area contributed by atoms with Crippen LogP contribution in [0.2, 0.25) is 5.15 Å². The first-order valence-electron chi connectivity index (χ1n) is 7.89. The van der Waals surface area contributed by atoms with Crippen LogP contribution in [0, 0.1) is 0 Å². The van der Waals surface area contributed by atoms with Crippen molar-refractivity contribution in [2.45, 2.75) is 52.7 Å². The monoisotopic (exact) mass is 385 g/mol. The van der Waals surface area contributed by atoms with Crippen LogP contribution >= 0.6 is 11.6 Å². The Labute approximate surface area is 157 Å². The second kappa shape index (κ2) is 7.90. The van der Waals surface area contributed by atoms with Crippen LogP contribution in [0.4, 0.5) is 15.3 Å². The minimum atomic E-state index is -0.961. The molecular weight excluding hydrogens is 362 g/mol. The van der Waals surface area contributed by atoms with E-state index in [0.717, 1.165) is 0 Å². The second-order valence-electron chi connectivity index (χ2n) is 7.41. The Hall–Kier alpha value is -2.35. The number of aromatic nitrogens is 1. The number of hydrogen-bond donors (Lipinski definition) is 1. The molecule has 3 amide bonds. The van der Waals surface area contributed by atoms with Gasteiger partial charge < -0.3 is 14.8 Å². The van der Waals surface area contributed by atoms with Crippen LogP contribution in [0.25, 0.3) is 0 Å². The summed E-state index contributed by atoms with van der Waals surface area (Å²) >= 11 is 5.95. The normalized spacial score (nSPS) is 11.5. The molecule has 0 saturated carbocycles. The molecule has 0 radical (unpaired) electrons. The zero-order valence-electron chi connectivity index (χ0n) is 16.0. The minimum absolute atomic E-state index is 0.00657. The summed E-state index contributed by atoms with van der Waals surface area (Å²) in [5, 5.41) is 2.33. The number of pyridine rings is 1. The van der Waals surface area contributed by atoms with Crippen molar-refractivity contribution in [1.82, 2.24) is 10.3 Å². The highest BCUT2D eigenvalue weighted by Crippen LogP contribution is 2.25. The molecule has 0 atom stereocenters. The van der Waals surface area contributed by atoms with Gasteiger partial charge in [0, 0.05) is 13.1 Å². The van der Waals surface area contributed by atoms with Gasteiger partial charge in [0.2, 0.25) is 0 Å². The van der Waals surface area contributed by atoms with E-state index in [0.29, 0.717) is 4.90 Å². The number of nitrogens with one attached hydrogen (secondary N) is 1. The summed E-state index contributed by atoms with van der Waals surface area (Å²) in [4.78, 5) is 41.6. The van der Waals surface area contributed by atoms with Crippen LogP contribution in [0.3, 0.4) is 0 Å². The number of carbonyl (C=O) groups is 3. The molecule has 0 fully saturated rings. The van der Waals surface area contributed by atoms with Crippen LogP contribution in [-0.2, 0) is 9.47 Å². The number of ether oxygens (including phenoxy) is 2. The van der Waals surface area contributed by atoms with Crippen molar-refractivity contribution in [2.24, 2.45) is 0 Å². The third-order valence-corrected chi connectivity index (χ3v) is 2.84. The van der Waals surface area contributed by atoms with Gasteiger partial charge in [-0.3, -0.25) is 4.79 Å². The largest absolute Gasteiger partial charge is 0.443 e. The fourth-order valence-corrected chi connectivity index (χ4v) is 1.96. The smallest absolute Gasteiger partial charge is 0.424 e. The number of hydrogen-bond acceptors (Lipinski definition) is 6. The molecule has 0 bridgehead atoms. The molecule has 1 aromatic heterocycles. The maximum absolute atomic E-state index is 12.6. The van der Waals surface area contributed by atoms with E-state index in [1.807, 2.05) is 0 Å². The average Bonchev–Trinajstić information content (AvgIpc) is 2.41. The summed E-state index contributed by atoms with van der Waals surface area (Å²) in [6.45, 7) is 9.96. The first-order valence-corrected chi connectivity index (χ1v) is 8.27. The van der Waals surface area contributed by atoms with Crippen LogP contribution in [0.5, 0.6) is 0 Å². The Kier molecular flexibility index (Phi) is 6.59. The summed E-state index contributed by atoms with van der Waals surface area (Å²) in [5.41, 5.74) is -1.76. The fourth-order valence-electron chi connectivity index (χ4n) is 1.76. The van der Waals surface area contributed by atoms with E-state index in [2.05, 4.69) is 10.3 Å². The predicted octanol–water partition coefficient (Wildman–Crippen LogP) is 3.77. The van der Waals surface area contributed by atoms with E-state index in [9.17, 15) is 14.4 Å². The molecule has 1 rings (SSSR count).